The Balaban J connectivity index is 2.66. The van der Waals surface area contributed by atoms with Crippen molar-refractivity contribution in [1.82, 2.24) is 5.32 Å². The second kappa shape index (κ2) is 6.70. The number of nitrogens with zero attached hydrogens (tertiary/aromatic N) is 1. The fourth-order valence-corrected chi connectivity index (χ4v) is 1.58. The van der Waals surface area contributed by atoms with E-state index in [2.05, 4.69) is 10.5 Å². The summed E-state index contributed by atoms with van der Waals surface area (Å²) in [5.74, 6) is 0.0671. The molecule has 0 atom stereocenters. The van der Waals surface area contributed by atoms with Crippen LogP contribution in [-0.4, -0.2) is 24.1 Å². The Labute approximate surface area is 109 Å². The van der Waals surface area contributed by atoms with Gasteiger partial charge in [0.1, 0.15) is 11.6 Å². The fourth-order valence-electron chi connectivity index (χ4n) is 1.35. The summed E-state index contributed by atoms with van der Waals surface area (Å²) < 4.78 is 5.14. The van der Waals surface area contributed by atoms with Gasteiger partial charge in [0.05, 0.1) is 13.5 Å². The molecule has 0 fully saturated rings. The predicted octanol–water partition coefficient (Wildman–Crippen LogP) is 1.10. The number of hydrogen-bond donors (Lipinski definition) is 3. The van der Waals surface area contributed by atoms with Gasteiger partial charge in [-0.3, -0.25) is 4.79 Å². The molecule has 0 saturated carbocycles. The summed E-state index contributed by atoms with van der Waals surface area (Å²) >= 11 is 6.00. The van der Waals surface area contributed by atoms with Gasteiger partial charge < -0.3 is 21.0 Å². The van der Waals surface area contributed by atoms with E-state index in [4.69, 9.17) is 27.3 Å². The highest BCUT2D eigenvalue weighted by molar-refractivity contribution is 6.31. The molecule has 0 aliphatic carbocycles. The molecule has 0 unspecified atom stereocenters. The molecule has 0 aliphatic rings. The lowest BCUT2D eigenvalue weighted by Gasteiger charge is -2.11. The van der Waals surface area contributed by atoms with E-state index in [1.807, 2.05) is 0 Å². The molecule has 1 aromatic rings. The number of nitrogens with two attached hydrogens (primary N) is 1. The average Bonchev–Trinajstić information content (AvgIpc) is 2.36. The van der Waals surface area contributed by atoms with Crippen LogP contribution in [0.25, 0.3) is 0 Å². The third-order valence-electron chi connectivity index (χ3n) is 2.23. The van der Waals surface area contributed by atoms with Crippen LogP contribution in [0, 0.1) is 0 Å². The van der Waals surface area contributed by atoms with E-state index >= 15 is 0 Å². The van der Waals surface area contributed by atoms with Crippen molar-refractivity contribution in [1.29, 1.82) is 0 Å². The maximum Gasteiger partial charge on any atom is 0.227 e. The molecule has 18 heavy (non-hydrogen) atoms. The monoisotopic (exact) mass is 271 g/mol. The van der Waals surface area contributed by atoms with Crippen molar-refractivity contribution in [3.05, 3.63) is 28.8 Å². The zero-order chi connectivity index (χ0) is 13.5. The van der Waals surface area contributed by atoms with Gasteiger partial charge in [0.15, 0.2) is 0 Å². The zero-order valence-corrected chi connectivity index (χ0v) is 10.6. The third-order valence-corrected chi connectivity index (χ3v) is 2.58. The summed E-state index contributed by atoms with van der Waals surface area (Å²) in [6, 6.07) is 5.20. The summed E-state index contributed by atoms with van der Waals surface area (Å²) in [6.45, 7) is 0.209. The van der Waals surface area contributed by atoms with E-state index in [1.54, 1.807) is 18.2 Å². The molecule has 7 heteroatoms. The quantitative estimate of drug-likeness (QED) is 0.323. The number of nitrogens with one attached hydrogen (secondary N) is 1. The van der Waals surface area contributed by atoms with Gasteiger partial charge in [-0.25, -0.2) is 0 Å². The summed E-state index contributed by atoms with van der Waals surface area (Å²) in [7, 11) is 1.52. The number of carbonyl (C=O) groups is 1. The first-order valence-corrected chi connectivity index (χ1v) is 5.50. The van der Waals surface area contributed by atoms with Crippen molar-refractivity contribution in [2.75, 3.05) is 7.11 Å². The summed E-state index contributed by atoms with van der Waals surface area (Å²) in [5.41, 5.74) is 5.89. The minimum absolute atomic E-state index is 0.154. The number of benzene rings is 1. The van der Waals surface area contributed by atoms with Crippen molar-refractivity contribution in [3.8, 4) is 5.75 Å². The normalized spacial score (nSPS) is 11.1. The SMILES string of the molecule is COc1cccc(Cl)c1CNC(=O)C/C(N)=N/O. The molecule has 6 nitrogen and oxygen atoms in total. The largest absolute Gasteiger partial charge is 0.496 e. The van der Waals surface area contributed by atoms with Gasteiger partial charge in [0.25, 0.3) is 0 Å². The highest BCUT2D eigenvalue weighted by Gasteiger charge is 2.10. The van der Waals surface area contributed by atoms with Crippen molar-refractivity contribution >= 4 is 23.3 Å². The maximum absolute atomic E-state index is 11.4. The summed E-state index contributed by atoms with van der Waals surface area (Å²) in [6.07, 6.45) is -0.177. The van der Waals surface area contributed by atoms with Gasteiger partial charge in [0.2, 0.25) is 5.91 Å². The Kier molecular flexibility index (Phi) is 5.26. The van der Waals surface area contributed by atoms with E-state index in [0.717, 1.165) is 0 Å². The van der Waals surface area contributed by atoms with Crippen LogP contribution in [0.3, 0.4) is 0 Å². The highest BCUT2D eigenvalue weighted by Crippen LogP contribution is 2.25. The van der Waals surface area contributed by atoms with Gasteiger partial charge >= 0.3 is 0 Å². The molecule has 0 spiro atoms. The van der Waals surface area contributed by atoms with Gasteiger partial charge in [-0.05, 0) is 12.1 Å². The van der Waals surface area contributed by atoms with Crippen LogP contribution in [0.15, 0.2) is 23.4 Å². The van der Waals surface area contributed by atoms with Crippen LogP contribution in [-0.2, 0) is 11.3 Å². The first-order chi connectivity index (χ1) is 8.58. The van der Waals surface area contributed by atoms with E-state index in [0.29, 0.717) is 16.3 Å². The number of oxime groups is 1. The topological polar surface area (TPSA) is 96.9 Å². The minimum atomic E-state index is -0.368. The standard InChI is InChI=1S/C11H14ClN3O3/c1-18-9-4-2-3-8(12)7(9)6-14-11(16)5-10(13)15-17/h2-4,17H,5-6H2,1H3,(H2,13,15)(H,14,16). The number of carbonyl (C=O) groups excluding carboxylic acids is 1. The lowest BCUT2D eigenvalue weighted by molar-refractivity contribution is -0.120. The number of ether oxygens (including phenoxy) is 1. The van der Waals surface area contributed by atoms with Crippen molar-refractivity contribution in [3.63, 3.8) is 0 Å². The van der Waals surface area contributed by atoms with Crippen LogP contribution in [0.4, 0.5) is 0 Å². The molecule has 0 heterocycles. The lowest BCUT2D eigenvalue weighted by Crippen LogP contribution is -2.28. The molecule has 0 saturated heterocycles. The zero-order valence-electron chi connectivity index (χ0n) is 9.81. The van der Waals surface area contributed by atoms with Crippen molar-refractivity contribution in [2.45, 2.75) is 13.0 Å². The average molecular weight is 272 g/mol. The Morgan fingerprint density at radius 2 is 2.33 bits per heavy atom. The second-order valence-corrected chi connectivity index (χ2v) is 3.87. The van der Waals surface area contributed by atoms with Crippen LogP contribution in [0.1, 0.15) is 12.0 Å². The van der Waals surface area contributed by atoms with E-state index in [-0.39, 0.29) is 24.7 Å². The number of amidine groups is 1. The highest BCUT2D eigenvalue weighted by atomic mass is 35.5. The molecule has 1 rings (SSSR count). The van der Waals surface area contributed by atoms with E-state index in [9.17, 15) is 4.79 Å². The van der Waals surface area contributed by atoms with Gasteiger partial charge in [-0.2, -0.15) is 0 Å². The van der Waals surface area contributed by atoms with Crippen LogP contribution < -0.4 is 15.8 Å². The molecule has 98 valence electrons. The smallest absolute Gasteiger partial charge is 0.227 e. The molecule has 1 amide bonds. The number of amides is 1. The Morgan fingerprint density at radius 1 is 1.61 bits per heavy atom. The molecule has 1 aromatic carbocycles. The first kappa shape index (κ1) is 14.1. The Morgan fingerprint density at radius 3 is 2.94 bits per heavy atom. The predicted molar refractivity (Wildman–Crippen MR) is 67.9 cm³/mol. The van der Waals surface area contributed by atoms with Crippen molar-refractivity contribution in [2.24, 2.45) is 10.9 Å². The molecular formula is C11H14ClN3O3. The van der Waals surface area contributed by atoms with Crippen LogP contribution >= 0.6 is 11.6 Å². The van der Waals surface area contributed by atoms with Gasteiger partial charge in [-0.15, -0.1) is 0 Å². The minimum Gasteiger partial charge on any atom is -0.496 e. The second-order valence-electron chi connectivity index (χ2n) is 3.47. The van der Waals surface area contributed by atoms with Gasteiger partial charge in [0, 0.05) is 17.1 Å². The van der Waals surface area contributed by atoms with E-state index < -0.39 is 0 Å². The molecule has 0 aliphatic heterocycles. The lowest BCUT2D eigenvalue weighted by atomic mass is 10.2. The summed E-state index contributed by atoms with van der Waals surface area (Å²) in [5, 5.41) is 14.2. The van der Waals surface area contributed by atoms with Crippen LogP contribution in [0.2, 0.25) is 5.02 Å². The summed E-state index contributed by atoms with van der Waals surface area (Å²) in [4.78, 5) is 11.4. The molecule has 4 N–H and O–H groups in total. The number of methoxy groups -OCH3 is 1. The number of halogens is 1. The molecular weight excluding hydrogens is 258 g/mol. The number of rotatable bonds is 5. The van der Waals surface area contributed by atoms with E-state index in [1.165, 1.54) is 7.11 Å². The molecule has 0 aromatic heterocycles. The fraction of sp³-hybridized carbons (Fsp3) is 0.273. The third kappa shape index (κ3) is 3.81. The Hall–Kier alpha value is -1.95. The number of hydrogen-bond acceptors (Lipinski definition) is 4. The maximum atomic E-state index is 11.4. The molecule has 0 radical (unpaired) electrons. The van der Waals surface area contributed by atoms with Crippen LogP contribution in [0.5, 0.6) is 5.75 Å². The van der Waals surface area contributed by atoms with Crippen molar-refractivity contribution < 1.29 is 14.7 Å². The molecule has 0 bridgehead atoms. The first-order valence-electron chi connectivity index (χ1n) is 5.13. The van der Waals surface area contributed by atoms with Gasteiger partial charge in [-0.1, -0.05) is 22.8 Å². The Bertz CT molecular complexity index is 463.